The number of benzene rings is 2. The second kappa shape index (κ2) is 8.15. The van der Waals surface area contributed by atoms with E-state index in [9.17, 15) is 0 Å². The van der Waals surface area contributed by atoms with Crippen molar-refractivity contribution in [2.45, 2.75) is 31.8 Å². The number of para-hydroxylation sites is 1. The maximum atomic E-state index is 4.65. The predicted octanol–water partition coefficient (Wildman–Crippen LogP) is 5.55. The Hall–Kier alpha value is -2.65. The van der Waals surface area contributed by atoms with Crippen LogP contribution in [0.25, 0.3) is 0 Å². The van der Waals surface area contributed by atoms with Crippen LogP contribution in [0.4, 0.5) is 11.5 Å². The lowest BCUT2D eigenvalue weighted by Crippen LogP contribution is -2.33. The van der Waals surface area contributed by atoms with Gasteiger partial charge in [0.25, 0.3) is 0 Å². The normalized spacial score (nSPS) is 17.8. The van der Waals surface area contributed by atoms with Crippen molar-refractivity contribution in [3.63, 3.8) is 0 Å². The molecule has 0 saturated carbocycles. The summed E-state index contributed by atoms with van der Waals surface area (Å²) in [6, 6.07) is 25.8. The second-order valence-corrected chi connectivity index (χ2v) is 6.90. The number of nitrogens with one attached hydrogen (secondary N) is 1. The highest BCUT2D eigenvalue weighted by Gasteiger charge is 2.26. The highest BCUT2D eigenvalue weighted by atomic mass is 15.2. The molecule has 1 aliphatic rings. The summed E-state index contributed by atoms with van der Waals surface area (Å²) in [4.78, 5) is 7.26. The lowest BCUT2D eigenvalue weighted by Gasteiger charge is -2.36. The van der Waals surface area contributed by atoms with E-state index in [4.69, 9.17) is 0 Å². The SMILES string of the molecule is c1ccc(CN2CCCCC2c2cccnc2Nc2ccccc2)cc1. The fourth-order valence-corrected chi connectivity index (χ4v) is 3.80. The quantitative estimate of drug-likeness (QED) is 0.658. The monoisotopic (exact) mass is 343 g/mol. The maximum Gasteiger partial charge on any atom is 0.135 e. The average Bonchev–Trinajstić information content (AvgIpc) is 2.71. The molecule has 4 rings (SSSR count). The van der Waals surface area contributed by atoms with Crippen molar-refractivity contribution in [1.29, 1.82) is 0 Å². The van der Waals surface area contributed by atoms with Crippen molar-refractivity contribution in [2.75, 3.05) is 11.9 Å². The van der Waals surface area contributed by atoms with E-state index in [2.05, 4.69) is 69.8 Å². The molecule has 0 radical (unpaired) electrons. The van der Waals surface area contributed by atoms with Gasteiger partial charge in [0.15, 0.2) is 0 Å². The van der Waals surface area contributed by atoms with Gasteiger partial charge in [0.05, 0.1) is 0 Å². The molecule has 132 valence electrons. The van der Waals surface area contributed by atoms with Gasteiger partial charge in [-0.05, 0) is 43.1 Å². The first-order chi connectivity index (χ1) is 12.9. The fourth-order valence-electron chi connectivity index (χ4n) is 3.80. The van der Waals surface area contributed by atoms with Crippen molar-refractivity contribution in [1.82, 2.24) is 9.88 Å². The van der Waals surface area contributed by atoms with E-state index in [1.54, 1.807) is 0 Å². The molecule has 1 atom stereocenters. The van der Waals surface area contributed by atoms with Crippen LogP contribution in [-0.2, 0) is 6.54 Å². The molecule has 1 unspecified atom stereocenters. The molecule has 1 fully saturated rings. The summed E-state index contributed by atoms with van der Waals surface area (Å²) in [5, 5.41) is 3.52. The lowest BCUT2D eigenvalue weighted by molar-refractivity contribution is 0.140. The van der Waals surface area contributed by atoms with Gasteiger partial charge in [-0.3, -0.25) is 4.90 Å². The summed E-state index contributed by atoms with van der Waals surface area (Å²) >= 11 is 0. The summed E-state index contributed by atoms with van der Waals surface area (Å²) in [6.45, 7) is 2.13. The number of nitrogens with zero attached hydrogens (tertiary/aromatic N) is 2. The molecule has 1 saturated heterocycles. The third-order valence-electron chi connectivity index (χ3n) is 5.08. The van der Waals surface area contributed by atoms with E-state index in [-0.39, 0.29) is 0 Å². The topological polar surface area (TPSA) is 28.2 Å². The molecule has 1 aromatic heterocycles. The first-order valence-electron chi connectivity index (χ1n) is 9.45. The average molecular weight is 343 g/mol. The highest BCUT2D eigenvalue weighted by molar-refractivity contribution is 5.59. The van der Waals surface area contributed by atoms with Crippen molar-refractivity contribution in [3.05, 3.63) is 90.1 Å². The van der Waals surface area contributed by atoms with Crippen LogP contribution in [0.15, 0.2) is 79.0 Å². The first kappa shape index (κ1) is 16.8. The smallest absolute Gasteiger partial charge is 0.135 e. The lowest BCUT2D eigenvalue weighted by atomic mass is 9.94. The van der Waals surface area contributed by atoms with E-state index in [1.165, 1.54) is 30.4 Å². The van der Waals surface area contributed by atoms with Crippen LogP contribution < -0.4 is 5.32 Å². The minimum Gasteiger partial charge on any atom is -0.340 e. The van der Waals surface area contributed by atoms with Crippen LogP contribution in [-0.4, -0.2) is 16.4 Å². The molecule has 0 amide bonds. The van der Waals surface area contributed by atoms with E-state index >= 15 is 0 Å². The fraction of sp³-hybridized carbons (Fsp3) is 0.261. The molecule has 1 aliphatic heterocycles. The zero-order valence-corrected chi connectivity index (χ0v) is 15.0. The Labute approximate surface area is 155 Å². The van der Waals surface area contributed by atoms with Gasteiger partial charge in [-0.15, -0.1) is 0 Å². The number of anilines is 2. The van der Waals surface area contributed by atoms with Gasteiger partial charge in [0.1, 0.15) is 5.82 Å². The molecule has 3 aromatic rings. The molecular weight excluding hydrogens is 318 g/mol. The molecule has 0 bridgehead atoms. The third-order valence-corrected chi connectivity index (χ3v) is 5.08. The number of pyridine rings is 1. The number of hydrogen-bond donors (Lipinski definition) is 1. The van der Waals surface area contributed by atoms with Crippen LogP contribution >= 0.6 is 0 Å². The highest BCUT2D eigenvalue weighted by Crippen LogP contribution is 2.35. The Morgan fingerprint density at radius 1 is 0.885 bits per heavy atom. The van der Waals surface area contributed by atoms with Crippen LogP contribution in [0.1, 0.15) is 36.4 Å². The summed E-state index contributed by atoms with van der Waals surface area (Å²) in [5.74, 6) is 0.976. The molecule has 1 N–H and O–H groups in total. The molecule has 26 heavy (non-hydrogen) atoms. The van der Waals surface area contributed by atoms with Gasteiger partial charge in [-0.1, -0.05) is 61.0 Å². The third kappa shape index (κ3) is 3.94. The summed E-state index contributed by atoms with van der Waals surface area (Å²) in [5.41, 5.74) is 3.76. The molecule has 3 heteroatoms. The van der Waals surface area contributed by atoms with Gasteiger partial charge < -0.3 is 5.32 Å². The second-order valence-electron chi connectivity index (χ2n) is 6.90. The van der Waals surface area contributed by atoms with Gasteiger partial charge >= 0.3 is 0 Å². The minimum absolute atomic E-state index is 0.406. The number of likely N-dealkylation sites (tertiary alicyclic amines) is 1. The van der Waals surface area contributed by atoms with Crippen LogP contribution in [0.5, 0.6) is 0 Å². The molecule has 3 nitrogen and oxygen atoms in total. The largest absolute Gasteiger partial charge is 0.340 e. The Bertz CT molecular complexity index is 817. The number of aromatic nitrogens is 1. The standard InChI is InChI=1S/C23H25N3/c1-3-10-19(11-4-1)18-26-17-8-7-15-22(26)21-14-9-16-24-23(21)25-20-12-5-2-6-13-20/h1-6,9-14,16,22H,7-8,15,17-18H2,(H,24,25). The molecule has 0 spiro atoms. The Morgan fingerprint density at radius 3 is 2.46 bits per heavy atom. The van der Waals surface area contributed by atoms with Gasteiger partial charge in [-0.2, -0.15) is 0 Å². The molecule has 0 aliphatic carbocycles. The van der Waals surface area contributed by atoms with Crippen molar-refractivity contribution >= 4 is 11.5 Å². The zero-order valence-electron chi connectivity index (χ0n) is 15.0. The van der Waals surface area contributed by atoms with Crippen LogP contribution in [0.3, 0.4) is 0 Å². The Morgan fingerprint density at radius 2 is 1.65 bits per heavy atom. The predicted molar refractivity (Wildman–Crippen MR) is 107 cm³/mol. The van der Waals surface area contributed by atoms with Crippen LogP contribution in [0.2, 0.25) is 0 Å². The Balaban J connectivity index is 1.60. The van der Waals surface area contributed by atoms with Gasteiger partial charge in [0, 0.05) is 30.0 Å². The van der Waals surface area contributed by atoms with Gasteiger partial charge in [0.2, 0.25) is 0 Å². The van der Waals surface area contributed by atoms with E-state index in [1.807, 2.05) is 24.4 Å². The van der Waals surface area contributed by atoms with Crippen LogP contribution in [0, 0.1) is 0 Å². The number of piperidine rings is 1. The molecular formula is C23H25N3. The van der Waals surface area contributed by atoms with Crippen molar-refractivity contribution in [2.24, 2.45) is 0 Å². The summed E-state index contributed by atoms with van der Waals surface area (Å²) < 4.78 is 0. The maximum absolute atomic E-state index is 4.65. The Kier molecular flexibility index (Phi) is 5.27. The number of rotatable bonds is 5. The van der Waals surface area contributed by atoms with E-state index < -0.39 is 0 Å². The summed E-state index contributed by atoms with van der Waals surface area (Å²) in [7, 11) is 0. The van der Waals surface area contributed by atoms with E-state index in [0.29, 0.717) is 6.04 Å². The van der Waals surface area contributed by atoms with E-state index in [0.717, 1.165) is 24.6 Å². The first-order valence-corrected chi connectivity index (χ1v) is 9.45. The summed E-state index contributed by atoms with van der Waals surface area (Å²) in [6.07, 6.45) is 5.60. The zero-order chi connectivity index (χ0) is 17.6. The molecule has 2 heterocycles. The minimum atomic E-state index is 0.406. The van der Waals surface area contributed by atoms with Crippen molar-refractivity contribution < 1.29 is 0 Å². The number of hydrogen-bond acceptors (Lipinski definition) is 3. The molecule has 2 aromatic carbocycles. The van der Waals surface area contributed by atoms with Gasteiger partial charge in [-0.25, -0.2) is 4.98 Å². The van der Waals surface area contributed by atoms with Crippen molar-refractivity contribution in [3.8, 4) is 0 Å².